The zero-order valence-electron chi connectivity index (χ0n) is 15.8. The van der Waals surface area contributed by atoms with Gasteiger partial charge in [0.1, 0.15) is 5.60 Å². The van der Waals surface area contributed by atoms with Crippen molar-refractivity contribution in [2.24, 2.45) is 17.3 Å². The number of ether oxygens (including phenoxy) is 2. The third-order valence-electron chi connectivity index (χ3n) is 6.34. The van der Waals surface area contributed by atoms with Crippen molar-refractivity contribution in [3.05, 3.63) is 34.2 Å². The lowest BCUT2D eigenvalue weighted by atomic mass is 9.83. The molecule has 1 aromatic carbocycles. The summed E-state index contributed by atoms with van der Waals surface area (Å²) in [5, 5.41) is 38.3. The Hall–Kier alpha value is -1.59. The zero-order chi connectivity index (χ0) is 20.1. The average Bonchev–Trinajstić information content (AvgIpc) is 3.11. The van der Waals surface area contributed by atoms with Gasteiger partial charge >= 0.3 is 5.97 Å². The molecule has 2 unspecified atom stereocenters. The quantitative estimate of drug-likeness (QED) is 0.430. The summed E-state index contributed by atoms with van der Waals surface area (Å²) in [5.41, 5.74) is -1.32. The van der Waals surface area contributed by atoms with Gasteiger partial charge in [-0.1, -0.05) is 13.8 Å². The fourth-order valence-corrected chi connectivity index (χ4v) is 4.49. The summed E-state index contributed by atoms with van der Waals surface area (Å²) >= 11 is 0. The lowest BCUT2D eigenvalue weighted by Crippen LogP contribution is -3.00. The standard InChI is InChI=1S/C18H26N2O7/c1-17(2)13-8-15(26-4)18(3,9-14(13)17)27-16(21)10-5-11(19(22)23)7-12(6-10)20(24)25/h5-7,13-15,19-20,22,24H,8-9H2,1-4H3/t13-,14-,15+,18+/m0/s1. The normalized spacial score (nSPS) is 33.7. The number of quaternary nitrogens is 2. The second-order valence-electron chi connectivity index (χ2n) is 8.31. The first-order chi connectivity index (χ1) is 12.5. The van der Waals surface area contributed by atoms with Crippen LogP contribution in [0.25, 0.3) is 0 Å². The van der Waals surface area contributed by atoms with E-state index in [1.54, 1.807) is 7.11 Å². The Bertz CT molecular complexity index is 710. The number of fused-ring (bicyclic) bond motifs is 1. The van der Waals surface area contributed by atoms with Crippen LogP contribution in [-0.4, -0.2) is 35.2 Å². The second-order valence-corrected chi connectivity index (χ2v) is 8.31. The molecule has 9 nitrogen and oxygen atoms in total. The topological polar surface area (TPSA) is 131 Å². The van der Waals surface area contributed by atoms with E-state index in [2.05, 4.69) is 13.8 Å². The van der Waals surface area contributed by atoms with E-state index >= 15 is 0 Å². The maximum atomic E-state index is 12.7. The third kappa shape index (κ3) is 3.59. The van der Waals surface area contributed by atoms with Gasteiger partial charge in [-0.15, -0.1) is 0 Å². The average molecular weight is 382 g/mol. The molecule has 2 fully saturated rings. The van der Waals surface area contributed by atoms with Crippen LogP contribution in [0, 0.1) is 27.7 Å². The first-order valence-corrected chi connectivity index (χ1v) is 8.87. The molecule has 0 amide bonds. The van der Waals surface area contributed by atoms with E-state index in [4.69, 9.17) is 9.47 Å². The van der Waals surface area contributed by atoms with Crippen molar-refractivity contribution < 1.29 is 35.1 Å². The summed E-state index contributed by atoms with van der Waals surface area (Å²) < 4.78 is 11.4. The number of carbonyl (C=O) groups is 1. The van der Waals surface area contributed by atoms with Crippen LogP contribution in [0.3, 0.4) is 0 Å². The molecule has 3 rings (SSSR count). The van der Waals surface area contributed by atoms with Gasteiger partial charge in [0, 0.05) is 19.2 Å². The van der Waals surface area contributed by atoms with Crippen LogP contribution in [0.15, 0.2) is 18.2 Å². The van der Waals surface area contributed by atoms with E-state index in [1.165, 1.54) is 0 Å². The van der Waals surface area contributed by atoms with E-state index in [0.717, 1.165) is 24.6 Å². The van der Waals surface area contributed by atoms with Gasteiger partial charge in [-0.25, -0.2) is 15.2 Å². The number of hydrogen-bond acceptors (Lipinski definition) is 7. The molecule has 0 aliphatic heterocycles. The molecule has 9 heteroatoms. The fraction of sp³-hybridized carbons (Fsp3) is 0.611. The monoisotopic (exact) mass is 382 g/mol. The molecule has 2 aliphatic rings. The van der Waals surface area contributed by atoms with E-state index in [1.807, 2.05) is 6.92 Å². The smallest absolute Gasteiger partial charge is 0.339 e. The molecular weight excluding hydrogens is 356 g/mol. The molecule has 27 heavy (non-hydrogen) atoms. The highest BCUT2D eigenvalue weighted by molar-refractivity contribution is 5.91. The van der Waals surface area contributed by atoms with Gasteiger partial charge < -0.3 is 19.9 Å². The maximum Gasteiger partial charge on any atom is 0.339 e. The van der Waals surface area contributed by atoms with Crippen LogP contribution in [0.4, 0.5) is 11.4 Å². The van der Waals surface area contributed by atoms with E-state index in [0.29, 0.717) is 18.3 Å². The molecule has 0 spiro atoms. The van der Waals surface area contributed by atoms with E-state index in [9.17, 15) is 25.6 Å². The van der Waals surface area contributed by atoms with E-state index in [-0.39, 0.29) is 28.5 Å². The Kier molecular flexibility index (Phi) is 5.06. The van der Waals surface area contributed by atoms with Gasteiger partial charge in [-0.2, -0.15) is 10.5 Å². The molecule has 0 saturated heterocycles. The number of benzene rings is 1. The molecule has 6 atom stereocenters. The number of esters is 1. The number of hydrogen-bond donors (Lipinski definition) is 4. The number of rotatable bonds is 5. The van der Waals surface area contributed by atoms with Crippen LogP contribution in [0.5, 0.6) is 0 Å². The van der Waals surface area contributed by atoms with Gasteiger partial charge in [0.05, 0.1) is 17.7 Å². The van der Waals surface area contributed by atoms with Gasteiger partial charge in [0.25, 0.3) is 0 Å². The highest BCUT2D eigenvalue weighted by Gasteiger charge is 2.65. The predicted octanol–water partition coefficient (Wildman–Crippen LogP) is 0.490. The Labute approximate surface area is 157 Å². The maximum absolute atomic E-state index is 12.7. The minimum Gasteiger partial charge on any atom is -0.595 e. The molecule has 0 aromatic heterocycles. The molecule has 2 aliphatic carbocycles. The highest BCUT2D eigenvalue weighted by atomic mass is 16.8. The lowest BCUT2D eigenvalue weighted by Gasteiger charge is -2.39. The van der Waals surface area contributed by atoms with Crippen molar-refractivity contribution in [3.8, 4) is 0 Å². The molecule has 1 aromatic rings. The summed E-state index contributed by atoms with van der Waals surface area (Å²) in [6.45, 7) is 6.21. The third-order valence-corrected chi connectivity index (χ3v) is 6.34. The fourth-order valence-electron chi connectivity index (χ4n) is 4.49. The predicted molar refractivity (Wildman–Crippen MR) is 92.6 cm³/mol. The van der Waals surface area contributed by atoms with Crippen LogP contribution in [0.1, 0.15) is 44.0 Å². The minimum absolute atomic E-state index is 0.0967. The number of nitrogens with one attached hydrogen (secondary N) is 2. The largest absolute Gasteiger partial charge is 0.595 e. The Balaban J connectivity index is 1.86. The summed E-state index contributed by atoms with van der Waals surface area (Å²) in [4.78, 5) is 12.7. The van der Waals surface area contributed by atoms with Crippen LogP contribution < -0.4 is 10.5 Å². The number of carbonyl (C=O) groups excluding carboxylic acids is 1. The summed E-state index contributed by atoms with van der Waals surface area (Å²) in [6.07, 6.45) is 1.17. The van der Waals surface area contributed by atoms with Gasteiger partial charge in [0.15, 0.2) is 11.4 Å². The first-order valence-electron chi connectivity index (χ1n) is 8.87. The highest BCUT2D eigenvalue weighted by Crippen LogP contribution is 2.67. The Morgan fingerprint density at radius 1 is 1.11 bits per heavy atom. The first kappa shape index (κ1) is 20.2. The van der Waals surface area contributed by atoms with Crippen molar-refractivity contribution in [1.82, 2.24) is 0 Å². The van der Waals surface area contributed by atoms with Crippen molar-refractivity contribution in [3.63, 3.8) is 0 Å². The van der Waals surface area contributed by atoms with Crippen LogP contribution in [-0.2, 0) is 9.47 Å². The van der Waals surface area contributed by atoms with Crippen LogP contribution in [0.2, 0.25) is 0 Å². The SMILES string of the molecule is CO[C@@H]1C[C@H]2[C@H](C[C@@]1(C)OC(=O)c1cc([NH+]([O-])O)cc([NH+]([O-])O)c1)C2(C)C. The van der Waals surface area contributed by atoms with Gasteiger partial charge in [-0.05, 0) is 37.0 Å². The summed E-state index contributed by atoms with van der Waals surface area (Å²) in [7, 11) is 1.58. The van der Waals surface area contributed by atoms with Crippen molar-refractivity contribution >= 4 is 17.3 Å². The van der Waals surface area contributed by atoms with E-state index < -0.39 is 22.0 Å². The second kappa shape index (κ2) is 6.78. The Morgan fingerprint density at radius 2 is 1.67 bits per heavy atom. The molecule has 4 N–H and O–H groups in total. The molecule has 150 valence electrons. The summed E-state index contributed by atoms with van der Waals surface area (Å²) in [6, 6.07) is 3.28. The molecule has 2 saturated carbocycles. The molecule has 0 heterocycles. The van der Waals surface area contributed by atoms with Crippen LogP contribution >= 0.6 is 0 Å². The van der Waals surface area contributed by atoms with Crippen molar-refractivity contribution in [2.45, 2.75) is 45.3 Å². The lowest BCUT2D eigenvalue weighted by molar-refractivity contribution is -0.996. The molecular formula is C18H26N2O7. The Morgan fingerprint density at radius 3 is 2.15 bits per heavy atom. The molecule has 0 bridgehead atoms. The minimum atomic E-state index is -1.31. The van der Waals surface area contributed by atoms with Crippen molar-refractivity contribution in [1.29, 1.82) is 0 Å². The van der Waals surface area contributed by atoms with Gasteiger partial charge in [-0.3, -0.25) is 0 Å². The zero-order valence-corrected chi connectivity index (χ0v) is 15.8. The number of methoxy groups -OCH3 is 1. The van der Waals surface area contributed by atoms with Gasteiger partial charge in [0.2, 0.25) is 0 Å². The van der Waals surface area contributed by atoms with Crippen molar-refractivity contribution in [2.75, 3.05) is 7.11 Å². The summed E-state index contributed by atoms with van der Waals surface area (Å²) in [5.74, 6) is 0.215. The molecule has 0 radical (unpaired) electrons.